The van der Waals surface area contributed by atoms with Gasteiger partial charge in [0.2, 0.25) is 5.91 Å². The number of carbonyl (C=O) groups excluding carboxylic acids is 1. The summed E-state index contributed by atoms with van der Waals surface area (Å²) in [7, 11) is 0. The van der Waals surface area contributed by atoms with Gasteiger partial charge in [-0.05, 0) is 55.7 Å². The number of pyridine rings is 1. The quantitative estimate of drug-likeness (QED) is 0.819. The van der Waals surface area contributed by atoms with E-state index < -0.39 is 0 Å². The van der Waals surface area contributed by atoms with Crippen LogP contribution in [0.1, 0.15) is 50.1 Å². The number of nitrogens with zero attached hydrogens (tertiary/aromatic N) is 1. The first-order valence-electron chi connectivity index (χ1n) is 9.19. The molecule has 4 rings (SSSR count). The van der Waals surface area contributed by atoms with Crippen LogP contribution < -0.4 is 5.32 Å². The Bertz CT molecular complexity index is 808. The first kappa shape index (κ1) is 16.3. The van der Waals surface area contributed by atoms with Gasteiger partial charge in [-0.1, -0.05) is 29.8 Å². The van der Waals surface area contributed by atoms with Crippen LogP contribution in [-0.2, 0) is 4.79 Å². The van der Waals surface area contributed by atoms with Crippen molar-refractivity contribution in [1.82, 2.24) is 10.3 Å². The van der Waals surface area contributed by atoms with Crippen LogP contribution in [0.4, 0.5) is 0 Å². The minimum atomic E-state index is -0.240. The van der Waals surface area contributed by atoms with Crippen LogP contribution in [0.25, 0.3) is 10.9 Å². The molecule has 1 aromatic heterocycles. The van der Waals surface area contributed by atoms with Gasteiger partial charge in [0.1, 0.15) is 0 Å². The summed E-state index contributed by atoms with van der Waals surface area (Å²) in [4.78, 5) is 17.1. The van der Waals surface area contributed by atoms with Crippen molar-refractivity contribution in [2.24, 2.45) is 5.92 Å². The smallest absolute Gasteiger partial charge is 0.224 e. The minimum Gasteiger partial charge on any atom is -0.393 e. The lowest BCUT2D eigenvalue weighted by Gasteiger charge is -2.38. The van der Waals surface area contributed by atoms with Crippen molar-refractivity contribution < 1.29 is 9.90 Å². The zero-order chi connectivity index (χ0) is 17.2. The number of rotatable bonds is 5. The Labute approximate surface area is 148 Å². The van der Waals surface area contributed by atoms with Crippen LogP contribution in [0.2, 0.25) is 0 Å². The molecule has 2 aliphatic rings. The molecule has 25 heavy (non-hydrogen) atoms. The third kappa shape index (κ3) is 3.59. The number of hydrogen-bond donors (Lipinski definition) is 2. The van der Waals surface area contributed by atoms with E-state index in [4.69, 9.17) is 0 Å². The number of para-hydroxylation sites is 1. The van der Waals surface area contributed by atoms with Crippen LogP contribution in [0.5, 0.6) is 0 Å². The molecular weight excluding hydrogens is 312 g/mol. The van der Waals surface area contributed by atoms with Crippen molar-refractivity contribution in [2.75, 3.05) is 0 Å². The van der Waals surface area contributed by atoms with Gasteiger partial charge in [0, 0.05) is 18.0 Å². The third-order valence-electron chi connectivity index (χ3n) is 5.43. The zero-order valence-electron chi connectivity index (χ0n) is 14.3. The largest absolute Gasteiger partial charge is 0.393 e. The fourth-order valence-electron chi connectivity index (χ4n) is 3.96. The predicted molar refractivity (Wildman–Crippen MR) is 97.9 cm³/mol. The van der Waals surface area contributed by atoms with E-state index in [0.717, 1.165) is 48.6 Å². The zero-order valence-corrected chi connectivity index (χ0v) is 14.3. The highest BCUT2D eigenvalue weighted by atomic mass is 16.3. The van der Waals surface area contributed by atoms with E-state index in [2.05, 4.69) is 22.4 Å². The molecule has 1 saturated carbocycles. The van der Waals surface area contributed by atoms with Gasteiger partial charge in [-0.3, -0.25) is 9.78 Å². The number of aliphatic hydroxyl groups is 1. The molecule has 1 heterocycles. The van der Waals surface area contributed by atoms with Gasteiger partial charge in [-0.25, -0.2) is 0 Å². The molecule has 0 saturated heterocycles. The summed E-state index contributed by atoms with van der Waals surface area (Å²) in [5, 5.41) is 14.0. The average Bonchev–Trinajstić information content (AvgIpc) is 3.09. The minimum absolute atomic E-state index is 0.0741. The normalized spacial score (nSPS) is 23.8. The molecule has 130 valence electrons. The van der Waals surface area contributed by atoms with Crippen molar-refractivity contribution in [3.63, 3.8) is 0 Å². The Morgan fingerprint density at radius 1 is 1.32 bits per heavy atom. The van der Waals surface area contributed by atoms with Crippen LogP contribution in [0.15, 0.2) is 48.2 Å². The Hall–Kier alpha value is -2.20. The second-order valence-corrected chi connectivity index (χ2v) is 7.32. The second-order valence-electron chi connectivity index (χ2n) is 7.32. The number of allylic oxidation sites excluding steroid dienone is 1. The SMILES string of the molecule is O=C(CC1=CCCC1)N[C@@H](c1cnc2ccccc2c1)C1CC(O)C1. The Kier molecular flexibility index (Phi) is 4.53. The second kappa shape index (κ2) is 6.96. The monoisotopic (exact) mass is 336 g/mol. The number of amides is 1. The number of carbonyl (C=O) groups is 1. The van der Waals surface area contributed by atoms with Crippen molar-refractivity contribution in [2.45, 2.75) is 50.7 Å². The number of hydrogen-bond acceptors (Lipinski definition) is 3. The van der Waals surface area contributed by atoms with Crippen molar-refractivity contribution in [3.8, 4) is 0 Å². The summed E-state index contributed by atoms with van der Waals surface area (Å²) in [6, 6.07) is 10.1. The van der Waals surface area contributed by atoms with Gasteiger partial charge in [0.05, 0.1) is 17.7 Å². The lowest BCUT2D eigenvalue weighted by atomic mass is 9.75. The maximum atomic E-state index is 12.5. The van der Waals surface area contributed by atoms with Crippen LogP contribution in [0, 0.1) is 5.92 Å². The number of benzene rings is 1. The maximum Gasteiger partial charge on any atom is 0.224 e. The van der Waals surface area contributed by atoms with Crippen LogP contribution in [0.3, 0.4) is 0 Å². The summed E-state index contributed by atoms with van der Waals surface area (Å²) in [5.74, 6) is 0.354. The summed E-state index contributed by atoms with van der Waals surface area (Å²) < 4.78 is 0. The van der Waals surface area contributed by atoms with Gasteiger partial charge in [-0.15, -0.1) is 0 Å². The molecular formula is C21H24N2O2. The summed E-state index contributed by atoms with van der Waals surface area (Å²) in [6.45, 7) is 0. The van der Waals surface area contributed by atoms with E-state index in [9.17, 15) is 9.90 Å². The van der Waals surface area contributed by atoms with Crippen LogP contribution in [-0.4, -0.2) is 22.1 Å². The van der Waals surface area contributed by atoms with E-state index in [-0.39, 0.29) is 24.0 Å². The highest BCUT2D eigenvalue weighted by Gasteiger charge is 2.36. The van der Waals surface area contributed by atoms with Crippen LogP contribution >= 0.6 is 0 Å². The number of aromatic nitrogens is 1. The summed E-state index contributed by atoms with van der Waals surface area (Å²) in [5.41, 5.74) is 3.24. The maximum absolute atomic E-state index is 12.5. The fraction of sp³-hybridized carbons (Fsp3) is 0.429. The molecule has 0 bridgehead atoms. The van der Waals surface area contributed by atoms with E-state index in [0.29, 0.717) is 6.42 Å². The molecule has 0 aliphatic heterocycles. The number of fused-ring (bicyclic) bond motifs is 1. The van der Waals surface area contributed by atoms with Gasteiger partial charge in [0.15, 0.2) is 0 Å². The molecule has 2 aromatic rings. The van der Waals surface area contributed by atoms with E-state index in [1.54, 1.807) is 0 Å². The molecule has 1 amide bonds. The first-order valence-corrected chi connectivity index (χ1v) is 9.19. The molecule has 1 aromatic carbocycles. The summed E-state index contributed by atoms with van der Waals surface area (Å²) >= 11 is 0. The molecule has 1 fully saturated rings. The third-order valence-corrected chi connectivity index (χ3v) is 5.43. The average molecular weight is 336 g/mol. The van der Waals surface area contributed by atoms with Gasteiger partial charge >= 0.3 is 0 Å². The molecule has 0 unspecified atom stereocenters. The molecule has 4 nitrogen and oxygen atoms in total. The van der Waals surface area contributed by atoms with Gasteiger partial charge < -0.3 is 10.4 Å². The Balaban J connectivity index is 1.55. The van der Waals surface area contributed by atoms with E-state index in [1.165, 1.54) is 5.57 Å². The van der Waals surface area contributed by atoms with Crippen molar-refractivity contribution >= 4 is 16.8 Å². The summed E-state index contributed by atoms with van der Waals surface area (Å²) in [6.07, 6.45) is 9.08. The molecule has 4 heteroatoms. The fourth-order valence-corrected chi connectivity index (χ4v) is 3.96. The van der Waals surface area contributed by atoms with E-state index in [1.807, 2.05) is 30.5 Å². The Morgan fingerprint density at radius 2 is 2.16 bits per heavy atom. The molecule has 0 spiro atoms. The van der Waals surface area contributed by atoms with Gasteiger partial charge in [-0.2, -0.15) is 0 Å². The number of aliphatic hydroxyl groups excluding tert-OH is 1. The van der Waals surface area contributed by atoms with Crippen molar-refractivity contribution in [3.05, 3.63) is 53.7 Å². The van der Waals surface area contributed by atoms with Gasteiger partial charge in [0.25, 0.3) is 0 Å². The molecule has 0 radical (unpaired) electrons. The molecule has 2 N–H and O–H groups in total. The van der Waals surface area contributed by atoms with E-state index >= 15 is 0 Å². The lowest BCUT2D eigenvalue weighted by molar-refractivity contribution is -0.122. The number of nitrogens with one attached hydrogen (secondary N) is 1. The van der Waals surface area contributed by atoms with Crippen molar-refractivity contribution in [1.29, 1.82) is 0 Å². The molecule has 1 atom stereocenters. The highest BCUT2D eigenvalue weighted by molar-refractivity contribution is 5.81. The highest BCUT2D eigenvalue weighted by Crippen LogP contribution is 2.38. The predicted octanol–water partition coefficient (Wildman–Crippen LogP) is 3.66. The first-order chi connectivity index (χ1) is 12.2. The Morgan fingerprint density at radius 3 is 2.92 bits per heavy atom. The topological polar surface area (TPSA) is 62.2 Å². The lowest BCUT2D eigenvalue weighted by Crippen LogP contribution is -2.41. The molecule has 2 aliphatic carbocycles. The standard InChI is InChI=1S/C21H24N2O2/c24-18-11-16(12-18)21(23-20(25)9-14-5-1-2-6-14)17-10-15-7-3-4-8-19(15)22-13-17/h3-5,7-8,10,13,16,18,21,24H,1-2,6,9,11-12H2,(H,23,25)/t16?,18?,21-/m1/s1.